The summed E-state index contributed by atoms with van der Waals surface area (Å²) in [5.74, 6) is -0.284. The Bertz CT molecular complexity index is 672. The fourth-order valence-corrected chi connectivity index (χ4v) is 1.65. The molecule has 0 atom stereocenters. The van der Waals surface area contributed by atoms with Gasteiger partial charge >= 0.3 is 5.97 Å². The summed E-state index contributed by atoms with van der Waals surface area (Å²) < 4.78 is 6.58. The first-order chi connectivity index (χ1) is 9.01. The third-order valence-electron chi connectivity index (χ3n) is 2.70. The normalized spacial score (nSPS) is 10.6. The molecule has 0 fully saturated rings. The Morgan fingerprint density at radius 2 is 2.26 bits per heavy atom. The van der Waals surface area contributed by atoms with E-state index < -0.39 is 11.4 Å². The summed E-state index contributed by atoms with van der Waals surface area (Å²) in [7, 11) is 0. The molecule has 0 aliphatic carbocycles. The lowest BCUT2D eigenvalue weighted by Crippen LogP contribution is -2.19. The molecule has 2 rings (SSSR count). The molecule has 7 nitrogen and oxygen atoms in total. The number of pyridine rings is 1. The quantitative estimate of drug-likeness (QED) is 0.878. The van der Waals surface area contributed by atoms with Crippen molar-refractivity contribution in [3.63, 3.8) is 0 Å². The van der Waals surface area contributed by atoms with Crippen LogP contribution in [0.3, 0.4) is 0 Å². The van der Waals surface area contributed by atoms with E-state index in [1.54, 1.807) is 11.5 Å². The minimum absolute atomic E-state index is 0.260. The van der Waals surface area contributed by atoms with Crippen LogP contribution in [0, 0.1) is 6.92 Å². The molecule has 2 aromatic heterocycles. The smallest absolute Gasteiger partial charge is 0.341 e. The van der Waals surface area contributed by atoms with Crippen molar-refractivity contribution in [3.8, 4) is 0 Å². The molecule has 0 saturated heterocycles. The van der Waals surface area contributed by atoms with E-state index in [1.165, 1.54) is 12.3 Å². The van der Waals surface area contributed by atoms with Crippen LogP contribution in [0.1, 0.15) is 34.7 Å². The number of carbonyl (C=O) groups is 1. The second-order valence-electron chi connectivity index (χ2n) is 4.08. The van der Waals surface area contributed by atoms with Crippen molar-refractivity contribution < 1.29 is 14.4 Å². The van der Waals surface area contributed by atoms with Crippen LogP contribution < -0.4 is 5.43 Å². The van der Waals surface area contributed by atoms with Gasteiger partial charge in [0.2, 0.25) is 5.89 Å². The molecule has 0 saturated carbocycles. The summed E-state index contributed by atoms with van der Waals surface area (Å²) in [6, 6.07) is 1.28. The lowest BCUT2D eigenvalue weighted by Gasteiger charge is -2.08. The highest BCUT2D eigenvalue weighted by Gasteiger charge is 2.12. The highest BCUT2D eigenvalue weighted by Crippen LogP contribution is 2.05. The third-order valence-corrected chi connectivity index (χ3v) is 2.70. The molecule has 0 radical (unpaired) electrons. The maximum Gasteiger partial charge on any atom is 0.341 e. The van der Waals surface area contributed by atoms with Gasteiger partial charge in [-0.05, 0) is 6.92 Å². The lowest BCUT2D eigenvalue weighted by atomic mass is 10.2. The van der Waals surface area contributed by atoms with Gasteiger partial charge in [0.05, 0.1) is 6.54 Å². The molecule has 2 heterocycles. The molecule has 0 bridgehead atoms. The SMILES string of the molecule is CCc1nc(Cn2cc(C(=O)O)c(=O)cc2C)no1. The molecule has 0 aromatic carbocycles. The van der Waals surface area contributed by atoms with Gasteiger partial charge in [-0.25, -0.2) is 4.79 Å². The Morgan fingerprint density at radius 1 is 1.53 bits per heavy atom. The van der Waals surface area contributed by atoms with Gasteiger partial charge in [-0.1, -0.05) is 12.1 Å². The number of nitrogens with zero attached hydrogens (tertiary/aromatic N) is 3. The van der Waals surface area contributed by atoms with Crippen LogP contribution in [-0.4, -0.2) is 25.8 Å². The fraction of sp³-hybridized carbons (Fsp3) is 0.333. The molecule has 19 heavy (non-hydrogen) atoms. The Kier molecular flexibility index (Phi) is 3.46. The Labute approximate surface area is 108 Å². The van der Waals surface area contributed by atoms with Crippen molar-refractivity contribution in [2.75, 3.05) is 0 Å². The molecular weight excluding hydrogens is 250 g/mol. The van der Waals surface area contributed by atoms with Gasteiger partial charge in [-0.15, -0.1) is 0 Å². The molecule has 1 N–H and O–H groups in total. The van der Waals surface area contributed by atoms with E-state index in [1.807, 2.05) is 6.92 Å². The first-order valence-electron chi connectivity index (χ1n) is 5.77. The number of aromatic carboxylic acids is 1. The number of aryl methyl sites for hydroxylation is 2. The number of aromatic nitrogens is 3. The van der Waals surface area contributed by atoms with E-state index in [0.717, 1.165) is 0 Å². The van der Waals surface area contributed by atoms with E-state index in [9.17, 15) is 9.59 Å². The van der Waals surface area contributed by atoms with Crippen LogP contribution in [0.4, 0.5) is 0 Å². The van der Waals surface area contributed by atoms with E-state index in [0.29, 0.717) is 23.8 Å². The average molecular weight is 263 g/mol. The van der Waals surface area contributed by atoms with Crippen molar-refractivity contribution in [2.45, 2.75) is 26.8 Å². The predicted molar refractivity (Wildman–Crippen MR) is 65.2 cm³/mol. The van der Waals surface area contributed by atoms with Gasteiger partial charge in [0.15, 0.2) is 11.3 Å². The van der Waals surface area contributed by atoms with Crippen LogP contribution in [0.15, 0.2) is 21.6 Å². The minimum Gasteiger partial charge on any atom is -0.477 e. The maximum atomic E-state index is 11.5. The summed E-state index contributed by atoms with van der Waals surface area (Å²) in [5, 5.41) is 12.7. The highest BCUT2D eigenvalue weighted by atomic mass is 16.5. The zero-order valence-corrected chi connectivity index (χ0v) is 10.6. The predicted octanol–water partition coefficient (Wildman–Crippen LogP) is 0.849. The zero-order chi connectivity index (χ0) is 14.0. The topological polar surface area (TPSA) is 98.2 Å². The minimum atomic E-state index is -1.25. The molecule has 0 unspecified atom stereocenters. The number of hydrogen-bond donors (Lipinski definition) is 1. The lowest BCUT2D eigenvalue weighted by molar-refractivity contribution is 0.0694. The summed E-state index contributed by atoms with van der Waals surface area (Å²) in [6.45, 7) is 3.87. The molecular formula is C12H13N3O4. The Balaban J connectivity index is 2.36. The van der Waals surface area contributed by atoms with E-state index >= 15 is 0 Å². The summed E-state index contributed by atoms with van der Waals surface area (Å²) in [5.41, 5.74) is -0.147. The fourth-order valence-electron chi connectivity index (χ4n) is 1.65. The number of hydrogen-bond acceptors (Lipinski definition) is 5. The van der Waals surface area contributed by atoms with Crippen LogP contribution in [0.5, 0.6) is 0 Å². The molecule has 0 aliphatic rings. The summed E-state index contributed by atoms with van der Waals surface area (Å²) in [6.07, 6.45) is 1.93. The third kappa shape index (κ3) is 2.70. The van der Waals surface area contributed by atoms with E-state index in [4.69, 9.17) is 9.63 Å². The van der Waals surface area contributed by atoms with E-state index in [-0.39, 0.29) is 12.1 Å². The second-order valence-corrected chi connectivity index (χ2v) is 4.08. The first kappa shape index (κ1) is 13.0. The number of carboxylic acid groups (broad SMARTS) is 1. The molecule has 0 amide bonds. The standard InChI is InChI=1S/C12H13N3O4/c1-3-11-13-10(14-19-11)6-15-5-8(12(17)18)9(16)4-7(15)2/h4-5H,3,6H2,1-2H3,(H,17,18). The molecule has 2 aromatic rings. The van der Waals surface area contributed by atoms with Gasteiger partial charge < -0.3 is 14.2 Å². The van der Waals surface area contributed by atoms with Crippen molar-refractivity contribution >= 4 is 5.97 Å². The van der Waals surface area contributed by atoms with Gasteiger partial charge in [-0.3, -0.25) is 4.79 Å². The molecule has 100 valence electrons. The van der Waals surface area contributed by atoms with Gasteiger partial charge in [0.25, 0.3) is 0 Å². The van der Waals surface area contributed by atoms with Crippen LogP contribution >= 0.6 is 0 Å². The van der Waals surface area contributed by atoms with Crippen LogP contribution in [0.2, 0.25) is 0 Å². The van der Waals surface area contributed by atoms with Crippen molar-refractivity contribution in [1.29, 1.82) is 0 Å². The second kappa shape index (κ2) is 5.05. The summed E-state index contributed by atoms with van der Waals surface area (Å²) >= 11 is 0. The van der Waals surface area contributed by atoms with Gasteiger partial charge in [-0.2, -0.15) is 4.98 Å². The van der Waals surface area contributed by atoms with E-state index in [2.05, 4.69) is 10.1 Å². The Hall–Kier alpha value is -2.44. The number of rotatable bonds is 4. The first-order valence-corrected chi connectivity index (χ1v) is 5.77. The van der Waals surface area contributed by atoms with Crippen molar-refractivity contribution in [2.24, 2.45) is 0 Å². The molecule has 0 spiro atoms. The van der Waals surface area contributed by atoms with Crippen molar-refractivity contribution in [3.05, 3.63) is 45.5 Å². The van der Waals surface area contributed by atoms with Crippen LogP contribution in [-0.2, 0) is 13.0 Å². The largest absolute Gasteiger partial charge is 0.477 e. The highest BCUT2D eigenvalue weighted by molar-refractivity contribution is 5.87. The monoisotopic (exact) mass is 263 g/mol. The average Bonchev–Trinajstić information content (AvgIpc) is 2.80. The van der Waals surface area contributed by atoms with Crippen molar-refractivity contribution in [1.82, 2.24) is 14.7 Å². The van der Waals surface area contributed by atoms with Gasteiger partial charge in [0.1, 0.15) is 5.56 Å². The zero-order valence-electron chi connectivity index (χ0n) is 10.6. The van der Waals surface area contributed by atoms with Crippen LogP contribution in [0.25, 0.3) is 0 Å². The number of carboxylic acids is 1. The maximum absolute atomic E-state index is 11.5. The molecule has 0 aliphatic heterocycles. The molecule has 7 heteroatoms. The van der Waals surface area contributed by atoms with Gasteiger partial charge in [0, 0.05) is 24.4 Å². The Morgan fingerprint density at radius 3 is 2.84 bits per heavy atom. The summed E-state index contributed by atoms with van der Waals surface area (Å²) in [4.78, 5) is 26.6.